The van der Waals surface area contributed by atoms with Crippen LogP contribution in [0.15, 0.2) is 0 Å². The fourth-order valence-electron chi connectivity index (χ4n) is 1.91. The molecule has 3 heterocycles. The van der Waals surface area contributed by atoms with E-state index < -0.39 is 14.5 Å². The van der Waals surface area contributed by atoms with Gasteiger partial charge in [0.15, 0.2) is 6.00 Å². The Labute approximate surface area is 116 Å². The molecule has 20 heavy (non-hydrogen) atoms. The van der Waals surface area contributed by atoms with E-state index in [9.17, 15) is 34.5 Å². The Balaban J connectivity index is 0.000000310. The molecule has 0 aromatic carbocycles. The van der Waals surface area contributed by atoms with E-state index in [0.29, 0.717) is 0 Å². The number of hydrogen-bond donors (Lipinski definition) is 0. The van der Waals surface area contributed by atoms with Gasteiger partial charge in [-0.15, -0.1) is 0 Å². The first kappa shape index (κ1) is 19.8. The quantitative estimate of drug-likeness (QED) is 0.234. The van der Waals surface area contributed by atoms with Crippen molar-refractivity contribution in [1.82, 2.24) is 4.90 Å². The van der Waals surface area contributed by atoms with E-state index in [2.05, 4.69) is 4.90 Å². The summed E-state index contributed by atoms with van der Waals surface area (Å²) in [6.07, 6.45) is 0. The van der Waals surface area contributed by atoms with Gasteiger partial charge in [0.1, 0.15) is 0 Å². The average molecular weight is 335 g/mol. The Bertz CT molecular complexity index is 241. The molecule has 0 aromatic rings. The first-order valence-corrected chi connectivity index (χ1v) is 6.26. The molecule has 0 saturated carbocycles. The van der Waals surface area contributed by atoms with E-state index in [1.165, 1.54) is 43.8 Å². The molecular weight excluding hydrogens is 321 g/mol. The second kappa shape index (κ2) is 7.69. The van der Waals surface area contributed by atoms with E-state index in [1.54, 1.807) is 0 Å². The van der Waals surface area contributed by atoms with Crippen molar-refractivity contribution in [1.29, 1.82) is 0 Å². The zero-order chi connectivity index (χ0) is 16.0. The highest BCUT2D eigenvalue weighted by Crippen LogP contribution is 2.19. The van der Waals surface area contributed by atoms with Crippen LogP contribution in [0.3, 0.4) is 0 Å². The summed E-state index contributed by atoms with van der Waals surface area (Å²) in [5.74, 6) is 0. The molecule has 2 nitrogen and oxygen atoms in total. The fourth-order valence-corrected chi connectivity index (χ4v) is 2.27. The van der Waals surface area contributed by atoms with Crippen molar-refractivity contribution < 1.29 is 39.0 Å². The van der Waals surface area contributed by atoms with Crippen LogP contribution in [-0.4, -0.2) is 69.2 Å². The number of rotatable bonds is 1. The minimum Gasteiger partial charge on any atom is -0.418 e. The third-order valence-corrected chi connectivity index (χ3v) is 3.43. The summed E-state index contributed by atoms with van der Waals surface area (Å²) < 4.78 is 79.2. The van der Waals surface area contributed by atoms with Crippen LogP contribution < -0.4 is 0 Å². The molecule has 0 aliphatic carbocycles. The Hall–Kier alpha value is -0.220. The summed E-state index contributed by atoms with van der Waals surface area (Å²) in [5.41, 5.74) is 0. The maximum atomic E-state index is 9.75. The summed E-state index contributed by atoms with van der Waals surface area (Å²) in [6.45, 7) is 7.66. The Morgan fingerprint density at radius 1 is 0.750 bits per heavy atom. The van der Waals surface area contributed by atoms with Crippen molar-refractivity contribution in [2.75, 3.05) is 45.3 Å². The summed E-state index contributed by atoms with van der Waals surface area (Å²) in [4.78, 5) is 2.53. The number of nitrogens with zero attached hydrogens (tertiary/aromatic N) is 2. The highest BCUT2D eigenvalue weighted by Gasteiger charge is 2.37. The summed E-state index contributed by atoms with van der Waals surface area (Å²) >= 11 is 5.92. The Kier molecular flexibility index (Phi) is 7.61. The summed E-state index contributed by atoms with van der Waals surface area (Å²) in [7, 11) is -12.0. The molecule has 3 rings (SSSR count). The summed E-state index contributed by atoms with van der Waals surface area (Å²) in [5, 5.41) is 0. The summed E-state index contributed by atoms with van der Waals surface area (Å²) in [6, 6.07) is 0.827. The lowest BCUT2D eigenvalue weighted by Gasteiger charge is -2.49. The monoisotopic (exact) mass is 335 g/mol. The predicted molar refractivity (Wildman–Crippen MR) is 62.4 cm³/mol. The molecule has 0 atom stereocenters. The minimum absolute atomic E-state index is 0.827. The second-order valence-electron chi connectivity index (χ2n) is 4.46. The van der Waals surface area contributed by atoms with Crippen molar-refractivity contribution >= 4 is 26.1 Å². The van der Waals surface area contributed by atoms with Gasteiger partial charge in [-0.05, 0) is 0 Å². The molecule has 13 heteroatoms. The maximum Gasteiger partial charge on any atom is 0.673 e. The van der Waals surface area contributed by atoms with Gasteiger partial charge in [0.25, 0.3) is 0 Å². The topological polar surface area (TPSA) is 3.24 Å². The number of halogens is 9. The van der Waals surface area contributed by atoms with Crippen LogP contribution in [0.1, 0.15) is 0 Å². The Morgan fingerprint density at radius 3 is 1.15 bits per heavy atom. The number of alkyl halides is 1. The third kappa shape index (κ3) is 11.6. The van der Waals surface area contributed by atoms with Crippen LogP contribution in [0.2, 0.25) is 0 Å². The molecule has 0 N–H and O–H groups in total. The lowest BCUT2D eigenvalue weighted by Crippen LogP contribution is -2.66. The SMILES string of the molecule is ClC[N+]12CCN(CC1)CC2.F[B-](F)(F)F.F[B-](F)(F)F. The number of quaternary nitrogens is 1. The molecule has 3 fully saturated rings. The predicted octanol–water partition coefficient (Wildman–Crippen LogP) is 2.93. The molecule has 122 valence electrons. The minimum atomic E-state index is -6.00. The number of piperazine rings is 3. The Morgan fingerprint density at radius 2 is 1.00 bits per heavy atom. The van der Waals surface area contributed by atoms with Gasteiger partial charge in [-0.1, -0.05) is 11.6 Å². The van der Waals surface area contributed by atoms with Crippen molar-refractivity contribution in [3.8, 4) is 0 Å². The largest absolute Gasteiger partial charge is 0.673 e. The van der Waals surface area contributed by atoms with Gasteiger partial charge in [0, 0.05) is 19.6 Å². The van der Waals surface area contributed by atoms with Gasteiger partial charge in [0.05, 0.1) is 19.6 Å². The highest BCUT2D eigenvalue weighted by molar-refractivity contribution is 6.50. The normalized spacial score (nSPS) is 28.9. The van der Waals surface area contributed by atoms with Crippen LogP contribution in [0, 0.1) is 0 Å². The molecule has 3 aliphatic heterocycles. The van der Waals surface area contributed by atoms with E-state index >= 15 is 0 Å². The lowest BCUT2D eigenvalue weighted by atomic mass is 10.2. The van der Waals surface area contributed by atoms with Crippen molar-refractivity contribution in [3.63, 3.8) is 0 Å². The molecule has 0 unspecified atom stereocenters. The van der Waals surface area contributed by atoms with Crippen LogP contribution in [0.5, 0.6) is 0 Å². The van der Waals surface area contributed by atoms with Crippen LogP contribution in [-0.2, 0) is 0 Å². The van der Waals surface area contributed by atoms with E-state index in [0.717, 1.165) is 6.00 Å². The van der Waals surface area contributed by atoms with Crippen LogP contribution in [0.4, 0.5) is 34.5 Å². The van der Waals surface area contributed by atoms with Crippen molar-refractivity contribution in [2.24, 2.45) is 0 Å². The van der Waals surface area contributed by atoms with E-state index in [1.807, 2.05) is 0 Å². The van der Waals surface area contributed by atoms with Gasteiger partial charge in [-0.2, -0.15) is 0 Å². The van der Waals surface area contributed by atoms with Gasteiger partial charge in [0.2, 0.25) is 0 Å². The fraction of sp³-hybridized carbons (Fsp3) is 1.00. The molecule has 0 amide bonds. The molecule has 0 radical (unpaired) electrons. The number of fused-ring (bicyclic) bond motifs is 3. The number of hydrogen-bond acceptors (Lipinski definition) is 1. The molecular formula is C7H14B2ClF8N2-. The van der Waals surface area contributed by atoms with Crippen molar-refractivity contribution in [3.05, 3.63) is 0 Å². The first-order chi connectivity index (χ1) is 8.85. The highest BCUT2D eigenvalue weighted by atomic mass is 35.5. The standard InChI is InChI=1S/C7H14ClN2.2BF4/c8-7-10-4-1-9(2-5-10)3-6-10;2*2-1(3,4)5/h1-7H2;;/q+1;2*-1. The van der Waals surface area contributed by atoms with Gasteiger partial charge in [-0.3, -0.25) is 4.90 Å². The van der Waals surface area contributed by atoms with Gasteiger partial charge in [-0.25, -0.2) is 0 Å². The first-order valence-electron chi connectivity index (χ1n) is 5.73. The molecule has 2 bridgehead atoms. The van der Waals surface area contributed by atoms with Crippen LogP contribution >= 0.6 is 11.6 Å². The van der Waals surface area contributed by atoms with E-state index in [-0.39, 0.29) is 0 Å². The zero-order valence-corrected chi connectivity index (χ0v) is 11.2. The average Bonchev–Trinajstić information content (AvgIpc) is 2.27. The lowest BCUT2D eigenvalue weighted by molar-refractivity contribution is -0.930. The third-order valence-electron chi connectivity index (χ3n) is 2.93. The smallest absolute Gasteiger partial charge is 0.418 e. The second-order valence-corrected chi connectivity index (χ2v) is 4.70. The van der Waals surface area contributed by atoms with E-state index in [4.69, 9.17) is 11.6 Å². The zero-order valence-electron chi connectivity index (χ0n) is 10.4. The molecule has 0 spiro atoms. The molecule has 3 aliphatic rings. The van der Waals surface area contributed by atoms with Crippen LogP contribution in [0.25, 0.3) is 0 Å². The van der Waals surface area contributed by atoms with Gasteiger partial charge < -0.3 is 39.0 Å². The molecule has 3 saturated heterocycles. The van der Waals surface area contributed by atoms with Crippen molar-refractivity contribution in [2.45, 2.75) is 0 Å². The molecule has 0 aromatic heterocycles. The van der Waals surface area contributed by atoms with Gasteiger partial charge >= 0.3 is 14.5 Å². The maximum absolute atomic E-state index is 9.75.